The van der Waals surface area contributed by atoms with Gasteiger partial charge in [0.05, 0.1) is 6.26 Å². The van der Waals surface area contributed by atoms with Gasteiger partial charge in [0.15, 0.2) is 0 Å². The average molecular weight is 2020 g/mol. The summed E-state index contributed by atoms with van der Waals surface area (Å²) in [5.74, 6) is 11.4. The molecule has 1 heterocycles. The van der Waals surface area contributed by atoms with Gasteiger partial charge in [-0.05, 0) is 360 Å². The van der Waals surface area contributed by atoms with Gasteiger partial charge in [-0.1, -0.05) is 542 Å². The molecule has 0 spiro atoms. The molecule has 0 atom stereocenters. The Balaban J connectivity index is 0.000000284. The van der Waals surface area contributed by atoms with Crippen LogP contribution in [-0.2, 0) is 16.2 Å². The van der Waals surface area contributed by atoms with Gasteiger partial charge in [-0.15, -0.1) is 0 Å². The lowest BCUT2D eigenvalue weighted by molar-refractivity contribution is -0.156. The molecule has 1 aromatic heterocycles. The molecule has 13 saturated carbocycles. The fourth-order valence-electron chi connectivity index (χ4n) is 29.0. The summed E-state index contributed by atoms with van der Waals surface area (Å²) in [6.07, 6.45) is 57.2. The zero-order valence-corrected chi connectivity index (χ0v) is 109. The van der Waals surface area contributed by atoms with Crippen molar-refractivity contribution in [3.63, 3.8) is 0 Å². The first kappa shape index (κ1) is 133. The predicted molar refractivity (Wildman–Crippen MR) is 657 cm³/mol. The highest BCUT2D eigenvalue weighted by molar-refractivity contribution is 5.63. The largest absolute Gasteiger partial charge is 0.469 e. The monoisotopic (exact) mass is 2020 g/mol. The highest BCUT2D eigenvalue weighted by atomic mass is 16.3. The Labute approximate surface area is 917 Å². The molecule has 0 amide bonds. The van der Waals surface area contributed by atoms with E-state index in [-0.39, 0.29) is 27.1 Å². The van der Waals surface area contributed by atoms with Crippen LogP contribution in [0.5, 0.6) is 0 Å². The average Bonchev–Trinajstić information content (AvgIpc) is 0.768. The van der Waals surface area contributed by atoms with Crippen molar-refractivity contribution in [3.8, 4) is 11.1 Å². The molecule has 846 valence electrons. The number of hydrogen-bond donors (Lipinski definition) is 0. The first-order chi connectivity index (χ1) is 66.1. The fourth-order valence-corrected chi connectivity index (χ4v) is 29.0. The molecule has 0 saturated heterocycles. The summed E-state index contributed by atoms with van der Waals surface area (Å²) in [6.45, 7) is 125. The number of furan rings is 1. The van der Waals surface area contributed by atoms with Crippen LogP contribution in [0.1, 0.15) is 621 Å². The van der Waals surface area contributed by atoms with Gasteiger partial charge >= 0.3 is 0 Å². The normalized spacial score (nSPS) is 25.2. The number of benzene rings is 3. The van der Waals surface area contributed by atoms with Crippen LogP contribution in [0, 0.1) is 167 Å². The van der Waals surface area contributed by atoms with E-state index in [9.17, 15) is 0 Å². The Morgan fingerprint density at radius 3 is 0.897 bits per heavy atom. The van der Waals surface area contributed by atoms with Crippen LogP contribution < -0.4 is 0 Å². The van der Waals surface area contributed by atoms with Crippen molar-refractivity contribution in [2.75, 3.05) is 0 Å². The lowest BCUT2D eigenvalue weighted by Crippen LogP contribution is -2.56. The molecule has 8 bridgehead atoms. The highest BCUT2D eigenvalue weighted by Gasteiger charge is 2.62. The van der Waals surface area contributed by atoms with Crippen LogP contribution in [0.4, 0.5) is 0 Å². The molecular weight excluding hydrogens is 1760 g/mol. The molecule has 13 aliphatic rings. The summed E-state index contributed by atoms with van der Waals surface area (Å²) in [5.41, 5.74) is 15.7. The molecule has 1 nitrogen and oxygen atoms in total. The van der Waals surface area contributed by atoms with E-state index < -0.39 is 0 Å². The Kier molecular flexibility index (Phi) is 46.7. The van der Waals surface area contributed by atoms with E-state index in [1.54, 1.807) is 76.9 Å². The van der Waals surface area contributed by atoms with Crippen LogP contribution in [0.2, 0.25) is 0 Å². The minimum atomic E-state index is 0.0938. The number of rotatable bonds is 10. The maximum absolute atomic E-state index is 5.42. The summed E-state index contributed by atoms with van der Waals surface area (Å²) in [5, 5.41) is 0. The minimum Gasteiger partial charge on any atom is -0.469 e. The van der Waals surface area contributed by atoms with Crippen LogP contribution in [0.25, 0.3) is 11.1 Å². The lowest BCUT2D eigenvalue weighted by atomic mass is 9.40. The molecule has 146 heavy (non-hydrogen) atoms. The van der Waals surface area contributed by atoms with Gasteiger partial charge in [0.2, 0.25) is 0 Å². The van der Waals surface area contributed by atoms with Crippen molar-refractivity contribution in [1.82, 2.24) is 0 Å². The molecule has 0 unspecified atom stereocenters. The van der Waals surface area contributed by atoms with Crippen LogP contribution in [0.15, 0.2) is 108 Å². The molecule has 0 aliphatic heterocycles. The predicted octanol–water partition coefficient (Wildman–Crippen LogP) is 48.5. The van der Waals surface area contributed by atoms with Crippen LogP contribution >= 0.6 is 0 Å². The van der Waals surface area contributed by atoms with Crippen LogP contribution in [0.3, 0.4) is 0 Å². The third kappa shape index (κ3) is 33.3. The molecule has 1 heteroatoms. The molecule has 3 aromatic carbocycles. The second-order valence-corrected chi connectivity index (χ2v) is 67.6. The van der Waals surface area contributed by atoms with E-state index in [0.29, 0.717) is 97.5 Å². The minimum absolute atomic E-state index is 0.0938. The first-order valence-corrected chi connectivity index (χ1v) is 62.3. The topological polar surface area (TPSA) is 13.1 Å². The van der Waals surface area contributed by atoms with E-state index in [1.165, 1.54) is 189 Å². The SMILES string of the molecule is CC(C)(C)C(C)(C)C.CC(C)(C)C(C)(C)C12CC3CC(CC(C3)C1)C2.CC(C)(C)C(C)(C)C1CCCC1.CC(C)(C)C(C)(C)c1ccc(-c2ccccc2)cc1.CC(C)(C)C(C)(C)c1ccccc1.CC(C)(C)C(C)(C)c1ccco1.CC(C)(C)C1(C)C2CC3CC(C2)CC1C3.CC(C)(C)C1(C2CCCCC2)CCCC1.CC(C)C(C)(C)C(C)(C)C.CCC1(C(C)(C)C)CCCC1.CCC1(C(C)(C)C)CCCCCCC1. The smallest absolute Gasteiger partial charge is 0.109 e. The zero-order chi connectivity index (χ0) is 112. The van der Waals surface area contributed by atoms with E-state index in [0.717, 1.165) is 64.9 Å². The van der Waals surface area contributed by atoms with Gasteiger partial charge in [0, 0.05) is 5.41 Å². The summed E-state index contributed by atoms with van der Waals surface area (Å²) in [7, 11) is 0. The van der Waals surface area contributed by atoms with Crippen molar-refractivity contribution in [2.24, 2.45) is 167 Å². The maximum Gasteiger partial charge on any atom is 0.109 e. The Morgan fingerprint density at radius 1 is 0.281 bits per heavy atom. The summed E-state index contributed by atoms with van der Waals surface area (Å²) < 4.78 is 5.42. The van der Waals surface area contributed by atoms with Gasteiger partial charge in [-0.25, -0.2) is 0 Å². The second-order valence-electron chi connectivity index (χ2n) is 67.6. The van der Waals surface area contributed by atoms with E-state index in [2.05, 4.69) is 452 Å². The Morgan fingerprint density at radius 2 is 0.603 bits per heavy atom. The molecule has 0 N–H and O–H groups in total. The molecule has 4 aromatic rings. The molecule has 13 aliphatic carbocycles. The number of hydrogen-bond acceptors (Lipinski definition) is 1. The van der Waals surface area contributed by atoms with Crippen molar-refractivity contribution in [1.29, 1.82) is 0 Å². The van der Waals surface area contributed by atoms with Crippen molar-refractivity contribution in [3.05, 3.63) is 120 Å². The lowest BCUT2D eigenvalue weighted by Gasteiger charge is -2.65. The van der Waals surface area contributed by atoms with Gasteiger partial charge in [0.25, 0.3) is 0 Å². The summed E-state index contributed by atoms with van der Waals surface area (Å²) in [4.78, 5) is 0. The third-order valence-corrected chi connectivity index (χ3v) is 48.4. The summed E-state index contributed by atoms with van der Waals surface area (Å²) >= 11 is 0. The molecule has 0 radical (unpaired) electrons. The van der Waals surface area contributed by atoms with E-state index in [4.69, 9.17) is 4.42 Å². The second kappa shape index (κ2) is 51.1. The Hall–Kier alpha value is -3.06. The standard InChI is InChI=1S/C19H24.C17H30.C15H26.C15H28.C14H28.C13H20.C12H24.C11H18O.C11H22.C10H22.C8H18/c1-18(2,3)19(4,5)17-13-11-16(12-14-17)15-9-7-6-8-10-15;1-15(2,3)16(4,5)17-9-12-6-13(10-17)8-14(7-12)11-17;1-14(2,3)15(4)12-6-10-5-11(8-12)9-13(15)7-10;1-14(2,3)15(11-7-8-12-15)13-9-5-4-6-10-13;1-5-14(13(2,3)4)11-9-7-6-8-10-12-14;1-12(2,3)13(4,5)11-9-7-6-8-10-11;1-11(2,3)12(4,5)10-8-6-7-9-10;1-10(2,3)11(4,5)9-7-6-8-12-9;1-5-11(10(2,3)4)8-6-7-9-11;1-8(2)10(6,7)9(3,4)5;1-7(2,3)8(4,5)6/h6-14H,1-5H3;12-14H,6-11H2,1-5H3;10-13H,5-9H2,1-4H3;13H,4-12H2,1-3H3;5-12H2,1-4H3;6-10H,1-5H3;10H,6-9H2,1-5H3;6-8H,1-5H3;5-9H2,1-4H3;8H,1-7H3;1-6H3. The zero-order valence-electron chi connectivity index (χ0n) is 109. The quantitative estimate of drug-likeness (QED) is 0.154. The van der Waals surface area contributed by atoms with Crippen molar-refractivity contribution >= 4 is 0 Å². The fraction of sp³-hybridized carbons (Fsp3) is 0.848. The molecule has 17 rings (SSSR count). The molecule has 13 fully saturated rings. The summed E-state index contributed by atoms with van der Waals surface area (Å²) in [6, 6.07) is 34.3. The van der Waals surface area contributed by atoms with Gasteiger partial charge < -0.3 is 4.42 Å². The maximum atomic E-state index is 5.42. The van der Waals surface area contributed by atoms with Crippen LogP contribution in [-0.4, -0.2) is 0 Å². The van der Waals surface area contributed by atoms with E-state index >= 15 is 0 Å². The van der Waals surface area contributed by atoms with Gasteiger partial charge in [-0.3, -0.25) is 0 Å². The molecular formula is C145H260O. The van der Waals surface area contributed by atoms with Gasteiger partial charge in [-0.2, -0.15) is 0 Å². The van der Waals surface area contributed by atoms with Gasteiger partial charge in [0.1, 0.15) is 5.76 Å². The Bertz CT molecular complexity index is 4180. The van der Waals surface area contributed by atoms with Crippen molar-refractivity contribution in [2.45, 2.75) is 621 Å². The van der Waals surface area contributed by atoms with Crippen molar-refractivity contribution < 1.29 is 4.42 Å². The highest BCUT2D eigenvalue weighted by Crippen LogP contribution is 2.71. The first-order valence-electron chi connectivity index (χ1n) is 62.3. The van der Waals surface area contributed by atoms with E-state index in [1.807, 2.05) is 12.1 Å². The third-order valence-electron chi connectivity index (χ3n) is 48.4.